The first-order valence-electron chi connectivity index (χ1n) is 10.6. The van der Waals surface area contributed by atoms with Crippen LogP contribution in [0.15, 0.2) is 73.1 Å². The maximum absolute atomic E-state index is 13.3. The average Bonchev–Trinajstić information content (AvgIpc) is 2.80. The van der Waals surface area contributed by atoms with Gasteiger partial charge in [0.25, 0.3) is 0 Å². The number of carbonyl (C=O) groups is 1. The Morgan fingerprint density at radius 3 is 2.58 bits per heavy atom. The van der Waals surface area contributed by atoms with Crippen molar-refractivity contribution in [3.63, 3.8) is 0 Å². The monoisotopic (exact) mass is 419 g/mol. The first-order valence-corrected chi connectivity index (χ1v) is 10.6. The number of piperidine rings is 1. The molecule has 31 heavy (non-hydrogen) atoms. The molecule has 0 aliphatic carbocycles. The minimum Gasteiger partial charge on any atom is -0.489 e. The molecule has 1 fully saturated rings. The fourth-order valence-electron chi connectivity index (χ4n) is 3.83. The largest absolute Gasteiger partial charge is 0.489 e. The number of pyridine rings is 1. The smallest absolute Gasteiger partial charge is 0.321 e. The van der Waals surface area contributed by atoms with Gasteiger partial charge in [0.1, 0.15) is 18.2 Å². The maximum atomic E-state index is 13.3. The zero-order valence-electron chi connectivity index (χ0n) is 17.3. The van der Waals surface area contributed by atoms with Crippen LogP contribution in [0, 0.1) is 11.7 Å². The van der Waals surface area contributed by atoms with Crippen LogP contribution in [0.2, 0.25) is 0 Å². The molecule has 0 atom stereocenters. The van der Waals surface area contributed by atoms with Gasteiger partial charge in [0.05, 0.1) is 11.9 Å². The number of ether oxygens (including phenoxy) is 1. The lowest BCUT2D eigenvalue weighted by molar-refractivity contribution is 0.182. The Balaban J connectivity index is 1.22. The van der Waals surface area contributed by atoms with Crippen molar-refractivity contribution in [2.45, 2.75) is 25.9 Å². The first kappa shape index (κ1) is 20.8. The summed E-state index contributed by atoms with van der Waals surface area (Å²) >= 11 is 0. The topological polar surface area (TPSA) is 54.5 Å². The zero-order chi connectivity index (χ0) is 21.5. The van der Waals surface area contributed by atoms with E-state index >= 15 is 0 Å². The number of likely N-dealkylation sites (tertiary alicyclic amines) is 1. The Hall–Kier alpha value is -3.41. The molecule has 0 radical (unpaired) electrons. The average molecular weight is 420 g/mol. The molecule has 0 unspecified atom stereocenters. The second kappa shape index (κ2) is 10.1. The maximum Gasteiger partial charge on any atom is 0.321 e. The summed E-state index contributed by atoms with van der Waals surface area (Å²) in [6.45, 7) is 1.86. The van der Waals surface area contributed by atoms with Crippen molar-refractivity contribution in [3.8, 4) is 5.75 Å². The Morgan fingerprint density at radius 1 is 1.06 bits per heavy atom. The van der Waals surface area contributed by atoms with Gasteiger partial charge in [-0.2, -0.15) is 0 Å². The highest BCUT2D eigenvalue weighted by Gasteiger charge is 2.23. The predicted octanol–water partition coefficient (Wildman–Crippen LogP) is 5.29. The van der Waals surface area contributed by atoms with E-state index in [4.69, 9.17) is 4.74 Å². The summed E-state index contributed by atoms with van der Waals surface area (Å²) < 4.78 is 19.0. The van der Waals surface area contributed by atoms with Gasteiger partial charge in [0.15, 0.2) is 0 Å². The third-order valence-corrected chi connectivity index (χ3v) is 5.56. The van der Waals surface area contributed by atoms with E-state index in [0.29, 0.717) is 18.2 Å². The van der Waals surface area contributed by atoms with Crippen molar-refractivity contribution in [1.82, 2.24) is 9.88 Å². The van der Waals surface area contributed by atoms with Gasteiger partial charge in [-0.05, 0) is 72.7 Å². The van der Waals surface area contributed by atoms with Crippen molar-refractivity contribution in [2.75, 3.05) is 18.4 Å². The van der Waals surface area contributed by atoms with Crippen LogP contribution in [0.4, 0.5) is 14.9 Å². The molecule has 5 nitrogen and oxygen atoms in total. The highest BCUT2D eigenvalue weighted by molar-refractivity contribution is 5.89. The SMILES string of the molecule is O=C(Nc1cccnc1)N1CCC(Cc2ccc(OCc3cccc(F)c3)cc2)CC1. The molecular weight excluding hydrogens is 393 g/mol. The molecule has 2 amide bonds. The molecule has 2 aromatic carbocycles. The van der Waals surface area contributed by atoms with E-state index in [1.54, 1.807) is 24.5 Å². The Labute approximate surface area is 181 Å². The number of benzene rings is 2. The van der Waals surface area contributed by atoms with Crippen molar-refractivity contribution < 1.29 is 13.9 Å². The second-order valence-electron chi connectivity index (χ2n) is 7.87. The van der Waals surface area contributed by atoms with Crippen LogP contribution in [-0.4, -0.2) is 29.0 Å². The van der Waals surface area contributed by atoms with Crippen LogP contribution in [0.3, 0.4) is 0 Å². The molecule has 4 rings (SSSR count). The molecule has 1 aromatic heterocycles. The van der Waals surface area contributed by atoms with Gasteiger partial charge in [0, 0.05) is 19.3 Å². The molecule has 160 valence electrons. The first-order chi connectivity index (χ1) is 15.2. The van der Waals surface area contributed by atoms with Crippen LogP contribution in [0.5, 0.6) is 5.75 Å². The normalized spacial score (nSPS) is 14.3. The lowest BCUT2D eigenvalue weighted by Gasteiger charge is -2.32. The minimum atomic E-state index is -0.253. The Kier molecular flexibility index (Phi) is 6.77. The number of halogens is 1. The van der Waals surface area contributed by atoms with Gasteiger partial charge in [-0.15, -0.1) is 0 Å². The molecule has 0 spiro atoms. The van der Waals surface area contributed by atoms with Gasteiger partial charge < -0.3 is 15.0 Å². The highest BCUT2D eigenvalue weighted by Crippen LogP contribution is 2.24. The number of aromatic nitrogens is 1. The molecule has 3 aromatic rings. The fraction of sp³-hybridized carbons (Fsp3) is 0.280. The molecule has 1 aliphatic rings. The quantitative estimate of drug-likeness (QED) is 0.591. The molecule has 1 aliphatic heterocycles. The number of nitrogens with zero attached hydrogens (tertiary/aromatic N) is 2. The molecule has 0 saturated carbocycles. The molecular formula is C25H26FN3O2. The third kappa shape index (κ3) is 6.04. The van der Waals surface area contributed by atoms with Crippen LogP contribution in [-0.2, 0) is 13.0 Å². The second-order valence-corrected chi connectivity index (χ2v) is 7.87. The van der Waals surface area contributed by atoms with Crippen LogP contribution in [0.1, 0.15) is 24.0 Å². The summed E-state index contributed by atoms with van der Waals surface area (Å²) in [5, 5.41) is 2.90. The summed E-state index contributed by atoms with van der Waals surface area (Å²) in [7, 11) is 0. The number of urea groups is 1. The number of carbonyl (C=O) groups excluding carboxylic acids is 1. The van der Waals surface area contributed by atoms with Crippen molar-refractivity contribution in [3.05, 3.63) is 90.0 Å². The zero-order valence-corrected chi connectivity index (χ0v) is 17.3. The van der Waals surface area contributed by atoms with Crippen LogP contribution in [0.25, 0.3) is 0 Å². The minimum absolute atomic E-state index is 0.0637. The van der Waals surface area contributed by atoms with Gasteiger partial charge in [-0.1, -0.05) is 24.3 Å². The van der Waals surface area contributed by atoms with Crippen molar-refractivity contribution in [1.29, 1.82) is 0 Å². The number of hydrogen-bond acceptors (Lipinski definition) is 3. The summed E-state index contributed by atoms with van der Waals surface area (Å²) in [6, 6.07) is 18.1. The van der Waals surface area contributed by atoms with Crippen molar-refractivity contribution in [2.24, 2.45) is 5.92 Å². The standard InChI is InChI=1S/C25H26FN3O2/c26-22-4-1-3-21(16-22)18-31-24-8-6-19(7-9-24)15-20-10-13-29(14-11-20)25(30)28-23-5-2-12-27-17-23/h1-9,12,16-17,20H,10-11,13-15,18H2,(H,28,30). The van der Waals surface area contributed by atoms with E-state index in [-0.39, 0.29) is 11.8 Å². The molecule has 1 N–H and O–H groups in total. The van der Waals surface area contributed by atoms with Gasteiger partial charge in [0.2, 0.25) is 0 Å². The number of hydrogen-bond donors (Lipinski definition) is 1. The van der Waals surface area contributed by atoms with Crippen LogP contribution < -0.4 is 10.1 Å². The van der Waals surface area contributed by atoms with E-state index in [9.17, 15) is 9.18 Å². The van der Waals surface area contributed by atoms with E-state index in [1.807, 2.05) is 29.2 Å². The number of nitrogens with one attached hydrogen (secondary N) is 1. The number of anilines is 1. The fourth-order valence-corrected chi connectivity index (χ4v) is 3.83. The molecule has 1 saturated heterocycles. The van der Waals surface area contributed by atoms with E-state index < -0.39 is 0 Å². The molecule has 0 bridgehead atoms. The lowest BCUT2D eigenvalue weighted by atomic mass is 9.90. The van der Waals surface area contributed by atoms with Gasteiger partial charge in [-0.25, -0.2) is 9.18 Å². The Morgan fingerprint density at radius 2 is 1.87 bits per heavy atom. The van der Waals surface area contributed by atoms with E-state index in [2.05, 4.69) is 22.4 Å². The predicted molar refractivity (Wildman–Crippen MR) is 118 cm³/mol. The van der Waals surface area contributed by atoms with Gasteiger partial charge >= 0.3 is 6.03 Å². The molecule has 6 heteroatoms. The van der Waals surface area contributed by atoms with Crippen molar-refractivity contribution >= 4 is 11.7 Å². The van der Waals surface area contributed by atoms with E-state index in [1.165, 1.54) is 17.7 Å². The van der Waals surface area contributed by atoms with Gasteiger partial charge in [-0.3, -0.25) is 4.98 Å². The third-order valence-electron chi connectivity index (χ3n) is 5.56. The van der Waals surface area contributed by atoms with E-state index in [0.717, 1.165) is 43.7 Å². The number of rotatable bonds is 6. The van der Waals surface area contributed by atoms with Crippen LogP contribution >= 0.6 is 0 Å². The summed E-state index contributed by atoms with van der Waals surface area (Å²) in [5.74, 6) is 1.08. The Bertz CT molecular complexity index is 987. The number of amides is 2. The summed E-state index contributed by atoms with van der Waals surface area (Å²) in [6.07, 6.45) is 6.29. The lowest BCUT2D eigenvalue weighted by Crippen LogP contribution is -2.41. The summed E-state index contributed by atoms with van der Waals surface area (Å²) in [5.41, 5.74) is 2.79. The highest BCUT2D eigenvalue weighted by atomic mass is 19.1. The summed E-state index contributed by atoms with van der Waals surface area (Å²) in [4.78, 5) is 18.3. The molecule has 2 heterocycles.